The van der Waals surface area contributed by atoms with Crippen LogP contribution in [0.5, 0.6) is 0 Å². The van der Waals surface area contributed by atoms with E-state index in [1.165, 1.54) is 17.1 Å². The van der Waals surface area contributed by atoms with E-state index in [0.717, 1.165) is 11.1 Å². The number of carbonyl (C=O) groups excluding carboxylic acids is 1. The molecule has 4 aromatic rings. The number of para-hydroxylation sites is 1. The van der Waals surface area contributed by atoms with E-state index in [0.29, 0.717) is 30.1 Å². The number of benzene rings is 1. The Morgan fingerprint density at radius 1 is 1.18 bits per heavy atom. The number of hydrogen-bond acceptors (Lipinski definition) is 7. The van der Waals surface area contributed by atoms with E-state index >= 15 is 0 Å². The number of anilines is 2. The SMILES string of the molecule is Cn1ncc2cccc(NS(=O)(=O)c3cnn(-c4cc(N5CC(C)(C(N)=O)C5)ccn4)c3)c21. The Morgan fingerprint density at radius 2 is 1.97 bits per heavy atom. The molecule has 0 bridgehead atoms. The predicted molar refractivity (Wildman–Crippen MR) is 122 cm³/mol. The first-order chi connectivity index (χ1) is 15.7. The van der Waals surface area contributed by atoms with E-state index in [1.54, 1.807) is 42.3 Å². The normalized spacial score (nSPS) is 15.4. The number of carbonyl (C=O) groups is 1. The molecule has 5 rings (SSSR count). The van der Waals surface area contributed by atoms with Gasteiger partial charge in [0.05, 0.1) is 35.2 Å². The zero-order valence-electron chi connectivity index (χ0n) is 18.0. The third-order valence-electron chi connectivity index (χ3n) is 5.88. The first-order valence-corrected chi connectivity index (χ1v) is 11.6. The molecule has 0 unspecified atom stereocenters. The van der Waals surface area contributed by atoms with Crippen LogP contribution in [0.4, 0.5) is 11.4 Å². The molecule has 33 heavy (non-hydrogen) atoms. The number of nitrogens with zero attached hydrogens (tertiary/aromatic N) is 6. The van der Waals surface area contributed by atoms with Gasteiger partial charge in [0, 0.05) is 43.5 Å². The molecule has 0 spiro atoms. The molecule has 1 aliphatic rings. The number of pyridine rings is 1. The third-order valence-corrected chi connectivity index (χ3v) is 7.20. The minimum Gasteiger partial charge on any atom is -0.369 e. The van der Waals surface area contributed by atoms with Crippen LogP contribution in [0.25, 0.3) is 16.7 Å². The highest BCUT2D eigenvalue weighted by Crippen LogP contribution is 2.34. The van der Waals surface area contributed by atoms with Crippen molar-refractivity contribution in [2.45, 2.75) is 11.8 Å². The molecule has 12 heteroatoms. The number of nitrogens with one attached hydrogen (secondary N) is 1. The Hall–Kier alpha value is -3.93. The molecule has 4 heterocycles. The van der Waals surface area contributed by atoms with E-state index in [1.807, 2.05) is 24.0 Å². The fraction of sp³-hybridized carbons (Fsp3) is 0.238. The quantitative estimate of drug-likeness (QED) is 0.436. The number of primary amides is 1. The fourth-order valence-corrected chi connectivity index (χ4v) is 4.95. The van der Waals surface area contributed by atoms with Gasteiger partial charge in [0.25, 0.3) is 10.0 Å². The average molecular weight is 467 g/mol. The second kappa shape index (κ2) is 7.30. The van der Waals surface area contributed by atoms with Gasteiger partial charge in [-0.3, -0.25) is 14.2 Å². The van der Waals surface area contributed by atoms with Crippen molar-refractivity contribution in [3.63, 3.8) is 0 Å². The summed E-state index contributed by atoms with van der Waals surface area (Å²) in [6.07, 6.45) is 5.96. The van der Waals surface area contributed by atoms with Crippen molar-refractivity contribution < 1.29 is 13.2 Å². The maximum absolute atomic E-state index is 13.0. The first kappa shape index (κ1) is 20.9. The minimum absolute atomic E-state index is 0.000807. The van der Waals surface area contributed by atoms with Gasteiger partial charge in [-0.1, -0.05) is 12.1 Å². The van der Waals surface area contributed by atoms with Crippen molar-refractivity contribution in [3.05, 3.63) is 55.1 Å². The number of amides is 1. The topological polar surface area (TPSA) is 141 Å². The highest BCUT2D eigenvalue weighted by atomic mass is 32.2. The number of nitrogens with two attached hydrogens (primary N) is 1. The summed E-state index contributed by atoms with van der Waals surface area (Å²) in [6, 6.07) is 8.92. The van der Waals surface area contributed by atoms with Crippen LogP contribution in [0.2, 0.25) is 0 Å². The van der Waals surface area contributed by atoms with Crippen molar-refractivity contribution in [3.8, 4) is 5.82 Å². The lowest BCUT2D eigenvalue weighted by atomic mass is 9.81. The van der Waals surface area contributed by atoms with Crippen molar-refractivity contribution in [1.29, 1.82) is 0 Å². The molecule has 0 atom stereocenters. The van der Waals surface area contributed by atoms with E-state index < -0.39 is 15.4 Å². The molecule has 1 aromatic carbocycles. The summed E-state index contributed by atoms with van der Waals surface area (Å²) in [5.41, 5.74) is 6.86. The third kappa shape index (κ3) is 3.57. The van der Waals surface area contributed by atoms with Gasteiger partial charge in [-0.05, 0) is 19.1 Å². The average Bonchev–Trinajstić information content (AvgIpc) is 3.40. The Morgan fingerprint density at radius 3 is 2.73 bits per heavy atom. The van der Waals surface area contributed by atoms with Gasteiger partial charge in [-0.2, -0.15) is 10.2 Å². The van der Waals surface area contributed by atoms with Crippen LogP contribution in [0.15, 0.2) is 60.0 Å². The Bertz CT molecular complexity index is 1480. The van der Waals surface area contributed by atoms with Gasteiger partial charge in [-0.25, -0.2) is 18.1 Å². The zero-order chi connectivity index (χ0) is 23.4. The van der Waals surface area contributed by atoms with Crippen LogP contribution in [0.3, 0.4) is 0 Å². The van der Waals surface area contributed by atoms with Crippen LogP contribution in [-0.2, 0) is 21.9 Å². The summed E-state index contributed by atoms with van der Waals surface area (Å²) in [6.45, 7) is 2.85. The molecule has 3 aromatic heterocycles. The largest absolute Gasteiger partial charge is 0.369 e. The zero-order valence-corrected chi connectivity index (χ0v) is 18.8. The van der Waals surface area contributed by atoms with Crippen molar-refractivity contribution in [1.82, 2.24) is 24.5 Å². The summed E-state index contributed by atoms with van der Waals surface area (Å²) in [5.74, 6) is 0.125. The van der Waals surface area contributed by atoms with Crippen LogP contribution in [0.1, 0.15) is 6.92 Å². The molecule has 3 N–H and O–H groups in total. The molecular formula is C21H22N8O3S. The van der Waals surface area contributed by atoms with E-state index in [4.69, 9.17) is 5.73 Å². The van der Waals surface area contributed by atoms with Gasteiger partial charge < -0.3 is 10.6 Å². The Labute approximate surface area is 189 Å². The molecular weight excluding hydrogens is 444 g/mol. The lowest BCUT2D eigenvalue weighted by molar-refractivity contribution is -0.128. The van der Waals surface area contributed by atoms with Gasteiger partial charge >= 0.3 is 0 Å². The minimum atomic E-state index is -3.90. The lowest BCUT2D eigenvalue weighted by Crippen LogP contribution is -2.61. The maximum atomic E-state index is 13.0. The molecule has 1 aliphatic heterocycles. The highest BCUT2D eigenvalue weighted by Gasteiger charge is 2.43. The van der Waals surface area contributed by atoms with Crippen molar-refractivity contribution in [2.75, 3.05) is 22.7 Å². The van der Waals surface area contributed by atoms with Gasteiger partial charge in [0.1, 0.15) is 4.90 Å². The standard InChI is InChI=1S/C21H22N8O3S/c1-21(20(22)30)12-28(13-21)15-6-7-23-18(8-15)29-11-16(10-25-29)33(31,32)26-17-5-3-4-14-9-24-27(2)19(14)17/h3-11,26H,12-13H2,1-2H3,(H2,22,30). The lowest BCUT2D eigenvalue weighted by Gasteiger charge is -2.47. The molecule has 0 saturated carbocycles. The Kier molecular flexibility index (Phi) is 4.64. The van der Waals surface area contributed by atoms with Gasteiger partial charge in [0.2, 0.25) is 5.91 Å². The number of fused-ring (bicyclic) bond motifs is 1. The number of aryl methyl sites for hydroxylation is 1. The molecule has 1 saturated heterocycles. The maximum Gasteiger partial charge on any atom is 0.265 e. The summed E-state index contributed by atoms with van der Waals surface area (Å²) in [4.78, 5) is 17.9. The van der Waals surface area contributed by atoms with Gasteiger partial charge in [0.15, 0.2) is 5.82 Å². The second-order valence-corrected chi connectivity index (χ2v) is 10.1. The summed E-state index contributed by atoms with van der Waals surface area (Å²) >= 11 is 0. The first-order valence-electron chi connectivity index (χ1n) is 10.2. The number of sulfonamides is 1. The summed E-state index contributed by atoms with van der Waals surface area (Å²) in [7, 11) is -2.14. The van der Waals surface area contributed by atoms with Crippen LogP contribution < -0.4 is 15.4 Å². The summed E-state index contributed by atoms with van der Waals surface area (Å²) < 4.78 is 31.7. The number of aromatic nitrogens is 5. The fourth-order valence-electron chi connectivity index (χ4n) is 3.95. The van der Waals surface area contributed by atoms with E-state index in [2.05, 4.69) is 19.9 Å². The molecule has 170 valence electrons. The Balaban J connectivity index is 1.39. The smallest absolute Gasteiger partial charge is 0.265 e. The summed E-state index contributed by atoms with van der Waals surface area (Å²) in [5, 5.41) is 9.20. The van der Waals surface area contributed by atoms with Crippen LogP contribution in [-0.4, -0.2) is 52.0 Å². The molecule has 1 amide bonds. The van der Waals surface area contributed by atoms with E-state index in [9.17, 15) is 13.2 Å². The van der Waals surface area contributed by atoms with Crippen molar-refractivity contribution >= 4 is 38.2 Å². The molecule has 0 aliphatic carbocycles. The van der Waals surface area contributed by atoms with Gasteiger partial charge in [-0.15, -0.1) is 0 Å². The van der Waals surface area contributed by atoms with Crippen LogP contribution >= 0.6 is 0 Å². The predicted octanol–water partition coefficient (Wildman–Crippen LogP) is 1.27. The highest BCUT2D eigenvalue weighted by molar-refractivity contribution is 7.92. The molecule has 0 radical (unpaired) electrons. The number of hydrogen-bond donors (Lipinski definition) is 2. The molecule has 1 fully saturated rings. The monoisotopic (exact) mass is 466 g/mol. The number of rotatable bonds is 6. The molecule has 11 nitrogen and oxygen atoms in total. The van der Waals surface area contributed by atoms with E-state index in [-0.39, 0.29) is 10.8 Å². The second-order valence-electron chi connectivity index (χ2n) is 8.39. The van der Waals surface area contributed by atoms with Crippen molar-refractivity contribution in [2.24, 2.45) is 18.2 Å². The van der Waals surface area contributed by atoms with Crippen LogP contribution in [0, 0.1) is 5.41 Å².